The number of methoxy groups -OCH3 is 1. The van der Waals surface area contributed by atoms with Crippen LogP contribution in [-0.4, -0.2) is 57.5 Å². The summed E-state index contributed by atoms with van der Waals surface area (Å²) < 4.78 is 21.1. The lowest BCUT2D eigenvalue weighted by Crippen LogP contribution is -2.23. The zero-order valence-electron chi connectivity index (χ0n) is 15.6. The van der Waals surface area contributed by atoms with Crippen LogP contribution in [0.4, 0.5) is 10.2 Å². The average Bonchev–Trinajstić information content (AvgIpc) is 3.36. The molecule has 4 heterocycles. The van der Waals surface area contributed by atoms with Gasteiger partial charge in [-0.15, -0.1) is 0 Å². The summed E-state index contributed by atoms with van der Waals surface area (Å²) in [6.45, 7) is 1.60. The molecule has 0 aromatic carbocycles. The van der Waals surface area contributed by atoms with E-state index in [0.717, 1.165) is 30.0 Å². The number of hydrogen-bond acceptors (Lipinski definition) is 7. The molecule has 1 aliphatic heterocycles. The Morgan fingerprint density at radius 1 is 1.29 bits per heavy atom. The van der Waals surface area contributed by atoms with E-state index < -0.39 is 6.17 Å². The van der Waals surface area contributed by atoms with Gasteiger partial charge in [0.15, 0.2) is 5.65 Å². The van der Waals surface area contributed by atoms with E-state index >= 15 is 0 Å². The Balaban J connectivity index is 1.44. The van der Waals surface area contributed by atoms with E-state index in [0.29, 0.717) is 42.7 Å². The molecule has 0 unspecified atom stereocenters. The Morgan fingerprint density at radius 3 is 2.93 bits per heavy atom. The minimum absolute atomic E-state index is 0.0588. The quantitative estimate of drug-likeness (QED) is 0.673. The van der Waals surface area contributed by atoms with Crippen LogP contribution in [0.2, 0.25) is 0 Å². The third kappa shape index (κ3) is 3.15. The molecule has 0 spiro atoms. The predicted octanol–water partition coefficient (Wildman–Crippen LogP) is 2.04. The number of imidazole rings is 1. The van der Waals surface area contributed by atoms with Gasteiger partial charge >= 0.3 is 0 Å². The molecule has 5 rings (SSSR count). The lowest BCUT2D eigenvalue weighted by Gasteiger charge is -2.13. The molecule has 2 N–H and O–H groups in total. The van der Waals surface area contributed by atoms with Gasteiger partial charge in [-0.3, -0.25) is 4.98 Å². The number of nitrogens with one attached hydrogen (secondary N) is 2. The van der Waals surface area contributed by atoms with Gasteiger partial charge in [-0.1, -0.05) is 0 Å². The standard InChI is InChI=1S/C19H22FN7O/c1-28-16-4-18-24-9-15(27(18)26-19(16)11-2-3-11)14-8-22-10-17(25-14)23-6-12-5-21-7-13(12)20/h4,8-13,21H,2-3,5-7H2,1H3,(H,23,25)/t12-,13+/m1/s1. The SMILES string of the molecule is COc1cc2ncc(-c3cncc(NC[C@H]4CNC[C@@H]4F)n3)n2nc1C1CC1. The predicted molar refractivity (Wildman–Crippen MR) is 102 cm³/mol. The molecule has 146 valence electrons. The van der Waals surface area contributed by atoms with Crippen LogP contribution >= 0.6 is 0 Å². The number of fused-ring (bicyclic) bond motifs is 1. The van der Waals surface area contributed by atoms with Gasteiger partial charge < -0.3 is 15.4 Å². The molecule has 1 saturated heterocycles. The van der Waals surface area contributed by atoms with Gasteiger partial charge in [0.25, 0.3) is 0 Å². The number of nitrogens with zero attached hydrogens (tertiary/aromatic N) is 5. The number of aromatic nitrogens is 5. The Hall–Kier alpha value is -2.81. The third-order valence-electron chi connectivity index (χ3n) is 5.37. The molecule has 1 aliphatic carbocycles. The monoisotopic (exact) mass is 383 g/mol. The molecule has 2 aliphatic rings. The van der Waals surface area contributed by atoms with Crippen molar-refractivity contribution in [1.82, 2.24) is 29.9 Å². The van der Waals surface area contributed by atoms with Crippen LogP contribution in [0.15, 0.2) is 24.7 Å². The molecule has 0 radical (unpaired) electrons. The van der Waals surface area contributed by atoms with Crippen LogP contribution in [-0.2, 0) is 0 Å². The van der Waals surface area contributed by atoms with Crippen molar-refractivity contribution in [1.29, 1.82) is 0 Å². The van der Waals surface area contributed by atoms with E-state index in [1.165, 1.54) is 0 Å². The Labute approximate surface area is 161 Å². The number of hydrogen-bond donors (Lipinski definition) is 2. The molecule has 28 heavy (non-hydrogen) atoms. The van der Waals surface area contributed by atoms with Gasteiger partial charge in [-0.25, -0.2) is 18.9 Å². The van der Waals surface area contributed by atoms with E-state index in [4.69, 9.17) is 9.84 Å². The van der Waals surface area contributed by atoms with Crippen molar-refractivity contribution in [2.75, 3.05) is 32.1 Å². The fourth-order valence-electron chi connectivity index (χ4n) is 3.60. The van der Waals surface area contributed by atoms with E-state index in [2.05, 4.69) is 25.6 Å². The zero-order chi connectivity index (χ0) is 19.1. The van der Waals surface area contributed by atoms with Crippen LogP contribution in [0.25, 0.3) is 17.0 Å². The van der Waals surface area contributed by atoms with Crippen LogP contribution in [0.3, 0.4) is 0 Å². The smallest absolute Gasteiger partial charge is 0.157 e. The molecule has 9 heteroatoms. The second-order valence-electron chi connectivity index (χ2n) is 7.39. The molecule has 3 aromatic heterocycles. The summed E-state index contributed by atoms with van der Waals surface area (Å²) in [6, 6.07) is 1.91. The highest BCUT2D eigenvalue weighted by Crippen LogP contribution is 2.43. The number of alkyl halides is 1. The maximum Gasteiger partial charge on any atom is 0.157 e. The maximum atomic E-state index is 13.8. The first kappa shape index (κ1) is 17.3. The molecule has 1 saturated carbocycles. The first-order valence-corrected chi connectivity index (χ1v) is 9.56. The van der Waals surface area contributed by atoms with E-state index in [-0.39, 0.29) is 5.92 Å². The summed E-state index contributed by atoms with van der Waals surface area (Å²) in [5.74, 6) is 1.78. The highest BCUT2D eigenvalue weighted by atomic mass is 19.1. The van der Waals surface area contributed by atoms with E-state index in [1.807, 2.05) is 6.07 Å². The maximum absolute atomic E-state index is 13.8. The molecule has 2 fully saturated rings. The topological polar surface area (TPSA) is 89.3 Å². The number of halogens is 1. The Kier molecular flexibility index (Phi) is 4.31. The summed E-state index contributed by atoms with van der Waals surface area (Å²) in [5.41, 5.74) is 3.09. The normalized spacial score (nSPS) is 21.9. The lowest BCUT2D eigenvalue weighted by molar-refractivity contribution is 0.292. The van der Waals surface area contributed by atoms with E-state index in [1.54, 1.807) is 30.2 Å². The van der Waals surface area contributed by atoms with Crippen molar-refractivity contribution in [3.63, 3.8) is 0 Å². The summed E-state index contributed by atoms with van der Waals surface area (Å²) in [7, 11) is 1.66. The minimum atomic E-state index is -0.831. The van der Waals surface area contributed by atoms with Crippen LogP contribution in [0.1, 0.15) is 24.5 Å². The van der Waals surface area contributed by atoms with Crippen LogP contribution in [0, 0.1) is 5.92 Å². The summed E-state index contributed by atoms with van der Waals surface area (Å²) in [5, 5.41) is 11.0. The largest absolute Gasteiger partial charge is 0.495 e. The molecule has 3 aromatic rings. The zero-order valence-corrected chi connectivity index (χ0v) is 15.6. The Morgan fingerprint density at radius 2 is 2.18 bits per heavy atom. The fraction of sp³-hybridized carbons (Fsp3) is 0.474. The first-order chi connectivity index (χ1) is 13.7. The molecular weight excluding hydrogens is 361 g/mol. The van der Waals surface area contributed by atoms with Crippen LogP contribution in [0.5, 0.6) is 5.75 Å². The van der Waals surface area contributed by atoms with Crippen LogP contribution < -0.4 is 15.4 Å². The number of anilines is 1. The summed E-state index contributed by atoms with van der Waals surface area (Å²) in [4.78, 5) is 13.4. The van der Waals surface area contributed by atoms with Gasteiger partial charge in [-0.2, -0.15) is 5.10 Å². The van der Waals surface area contributed by atoms with Gasteiger partial charge in [0.05, 0.1) is 25.7 Å². The van der Waals surface area contributed by atoms with Crippen molar-refractivity contribution in [3.8, 4) is 17.1 Å². The number of rotatable bonds is 6. The van der Waals surface area contributed by atoms with Gasteiger partial charge in [0.2, 0.25) is 0 Å². The van der Waals surface area contributed by atoms with Crippen molar-refractivity contribution in [3.05, 3.63) is 30.4 Å². The van der Waals surface area contributed by atoms with Crippen molar-refractivity contribution < 1.29 is 9.13 Å². The van der Waals surface area contributed by atoms with Gasteiger partial charge in [-0.05, 0) is 12.8 Å². The third-order valence-corrected chi connectivity index (χ3v) is 5.37. The highest BCUT2D eigenvalue weighted by Gasteiger charge is 2.30. The number of ether oxygens (including phenoxy) is 1. The minimum Gasteiger partial charge on any atom is -0.495 e. The summed E-state index contributed by atoms with van der Waals surface area (Å²) >= 11 is 0. The van der Waals surface area contributed by atoms with Crippen molar-refractivity contribution in [2.24, 2.45) is 5.92 Å². The molecule has 0 amide bonds. The fourth-order valence-corrected chi connectivity index (χ4v) is 3.60. The van der Waals surface area contributed by atoms with Crippen molar-refractivity contribution >= 4 is 11.5 Å². The van der Waals surface area contributed by atoms with Gasteiger partial charge in [0, 0.05) is 37.5 Å². The molecule has 8 nitrogen and oxygen atoms in total. The molecular formula is C19H22FN7O. The molecule has 0 bridgehead atoms. The van der Waals surface area contributed by atoms with E-state index in [9.17, 15) is 4.39 Å². The summed E-state index contributed by atoms with van der Waals surface area (Å²) in [6.07, 6.45) is 6.50. The van der Waals surface area contributed by atoms with Crippen molar-refractivity contribution in [2.45, 2.75) is 24.9 Å². The Bertz CT molecular complexity index is 1000. The second-order valence-corrected chi connectivity index (χ2v) is 7.39. The second kappa shape index (κ2) is 6.97. The van der Waals surface area contributed by atoms with Gasteiger partial charge in [0.1, 0.15) is 34.8 Å². The highest BCUT2D eigenvalue weighted by molar-refractivity contribution is 5.61. The average molecular weight is 383 g/mol. The molecule has 2 atom stereocenters. The first-order valence-electron chi connectivity index (χ1n) is 9.56. The lowest BCUT2D eigenvalue weighted by atomic mass is 10.1.